The number of nitrogen functional groups attached to an aromatic ring is 1. The predicted octanol–water partition coefficient (Wildman–Crippen LogP) is 3.10. The summed E-state index contributed by atoms with van der Waals surface area (Å²) < 4.78 is 1.69. The molecular weight excluding hydrogens is 236 g/mol. The molecule has 0 bridgehead atoms. The zero-order valence-corrected chi connectivity index (χ0v) is 12.6. The minimum atomic E-state index is 0.0663. The summed E-state index contributed by atoms with van der Waals surface area (Å²) in [5.74, 6) is 8.54. The lowest BCUT2D eigenvalue weighted by atomic mass is 9.67. The maximum atomic E-state index is 6.14. The van der Waals surface area contributed by atoms with E-state index >= 15 is 0 Å². The lowest BCUT2D eigenvalue weighted by Gasteiger charge is -2.38. The number of hydrogen-bond donors (Lipinski definition) is 1. The van der Waals surface area contributed by atoms with E-state index in [1.54, 1.807) is 10.2 Å². The first-order chi connectivity index (χ1) is 9.06. The van der Waals surface area contributed by atoms with Gasteiger partial charge < -0.3 is 5.84 Å². The highest BCUT2D eigenvalue weighted by Gasteiger charge is 2.40. The van der Waals surface area contributed by atoms with E-state index in [1.807, 2.05) is 6.92 Å². The summed E-state index contributed by atoms with van der Waals surface area (Å²) in [6.45, 7) is 8.66. The molecule has 19 heavy (non-hydrogen) atoms. The summed E-state index contributed by atoms with van der Waals surface area (Å²) in [7, 11) is 0. The van der Waals surface area contributed by atoms with Gasteiger partial charge in [-0.1, -0.05) is 32.4 Å². The molecule has 0 aromatic carbocycles. The summed E-state index contributed by atoms with van der Waals surface area (Å²) in [4.78, 5) is 0. The lowest BCUT2D eigenvalue weighted by Crippen LogP contribution is -2.36. The lowest BCUT2D eigenvalue weighted by molar-refractivity contribution is 0.281. The van der Waals surface area contributed by atoms with E-state index in [2.05, 4.69) is 37.0 Å². The molecule has 4 nitrogen and oxygen atoms in total. The van der Waals surface area contributed by atoms with Crippen LogP contribution in [0, 0.1) is 12.8 Å². The summed E-state index contributed by atoms with van der Waals surface area (Å²) in [6, 6.07) is 0. The van der Waals surface area contributed by atoms with Gasteiger partial charge in [0.1, 0.15) is 5.82 Å². The minimum absolute atomic E-state index is 0.0663. The Morgan fingerprint density at radius 2 is 2.11 bits per heavy atom. The van der Waals surface area contributed by atoms with E-state index in [1.165, 1.54) is 6.42 Å². The molecule has 0 fully saturated rings. The molecular formula is C15H26N4. The van der Waals surface area contributed by atoms with Crippen molar-refractivity contribution in [1.82, 2.24) is 14.9 Å². The summed E-state index contributed by atoms with van der Waals surface area (Å²) >= 11 is 0. The second-order valence-electron chi connectivity index (χ2n) is 5.80. The van der Waals surface area contributed by atoms with Gasteiger partial charge in [-0.05, 0) is 44.9 Å². The molecule has 0 saturated carbocycles. The van der Waals surface area contributed by atoms with Crippen LogP contribution < -0.4 is 5.84 Å². The molecule has 1 heterocycles. The Morgan fingerprint density at radius 1 is 1.37 bits per heavy atom. The van der Waals surface area contributed by atoms with Crippen LogP contribution >= 0.6 is 0 Å². The van der Waals surface area contributed by atoms with Gasteiger partial charge in [0.25, 0.3) is 0 Å². The quantitative estimate of drug-likeness (QED) is 0.670. The molecule has 0 amide bonds. The predicted molar refractivity (Wildman–Crippen MR) is 78.3 cm³/mol. The van der Waals surface area contributed by atoms with Crippen molar-refractivity contribution in [1.29, 1.82) is 0 Å². The number of aryl methyl sites for hydroxylation is 1. The highest BCUT2D eigenvalue weighted by Crippen LogP contribution is 2.44. The molecule has 2 atom stereocenters. The Balaban J connectivity index is 2.43. The van der Waals surface area contributed by atoms with Gasteiger partial charge in [0, 0.05) is 5.41 Å². The number of aromatic nitrogens is 3. The fourth-order valence-electron chi connectivity index (χ4n) is 3.29. The van der Waals surface area contributed by atoms with Crippen molar-refractivity contribution in [2.75, 3.05) is 5.84 Å². The molecule has 0 spiro atoms. The Labute approximate surface area is 116 Å². The first-order valence-electron chi connectivity index (χ1n) is 7.43. The van der Waals surface area contributed by atoms with Crippen molar-refractivity contribution in [2.24, 2.45) is 5.92 Å². The monoisotopic (exact) mass is 262 g/mol. The van der Waals surface area contributed by atoms with Gasteiger partial charge in [0.15, 0.2) is 5.82 Å². The smallest absolute Gasteiger partial charge is 0.158 e. The van der Waals surface area contributed by atoms with Crippen LogP contribution in [0.2, 0.25) is 0 Å². The SMILES string of the molecule is CCC1=CC(CC)CC(CC)(c2nnc(C)n2N)C1. The average Bonchev–Trinajstić information content (AvgIpc) is 2.78. The Morgan fingerprint density at radius 3 is 2.58 bits per heavy atom. The largest absolute Gasteiger partial charge is 0.336 e. The Bertz CT molecular complexity index is 474. The molecule has 0 aliphatic heterocycles. The van der Waals surface area contributed by atoms with Gasteiger partial charge in [-0.25, -0.2) is 4.68 Å². The molecule has 2 unspecified atom stereocenters. The van der Waals surface area contributed by atoms with Crippen LogP contribution in [-0.2, 0) is 5.41 Å². The second kappa shape index (κ2) is 5.35. The molecule has 4 heteroatoms. The van der Waals surface area contributed by atoms with Crippen LogP contribution in [0.15, 0.2) is 11.6 Å². The maximum Gasteiger partial charge on any atom is 0.158 e. The summed E-state index contributed by atoms with van der Waals surface area (Å²) in [5, 5.41) is 8.53. The van der Waals surface area contributed by atoms with E-state index in [0.29, 0.717) is 5.92 Å². The zero-order chi connectivity index (χ0) is 14.0. The fraction of sp³-hybridized carbons (Fsp3) is 0.733. The summed E-state index contributed by atoms with van der Waals surface area (Å²) in [6.07, 6.45) is 8.05. The van der Waals surface area contributed by atoms with Crippen LogP contribution in [0.4, 0.5) is 0 Å². The summed E-state index contributed by atoms with van der Waals surface area (Å²) in [5.41, 5.74) is 1.61. The normalized spacial score (nSPS) is 27.4. The minimum Gasteiger partial charge on any atom is -0.336 e. The molecule has 1 aromatic rings. The fourth-order valence-corrected chi connectivity index (χ4v) is 3.29. The Kier molecular flexibility index (Phi) is 3.97. The van der Waals surface area contributed by atoms with E-state index in [9.17, 15) is 0 Å². The first-order valence-corrected chi connectivity index (χ1v) is 7.43. The molecule has 0 radical (unpaired) electrons. The van der Waals surface area contributed by atoms with Gasteiger partial charge >= 0.3 is 0 Å². The second-order valence-corrected chi connectivity index (χ2v) is 5.80. The van der Waals surface area contributed by atoms with Crippen LogP contribution in [0.1, 0.15) is 64.5 Å². The zero-order valence-electron chi connectivity index (χ0n) is 12.6. The molecule has 0 saturated heterocycles. The molecule has 2 rings (SSSR count). The van der Waals surface area contributed by atoms with Crippen LogP contribution in [0.25, 0.3) is 0 Å². The Hall–Kier alpha value is -1.32. The highest BCUT2D eigenvalue weighted by atomic mass is 15.4. The van der Waals surface area contributed by atoms with Crippen molar-refractivity contribution in [2.45, 2.75) is 65.2 Å². The van der Waals surface area contributed by atoms with Gasteiger partial charge in [0.05, 0.1) is 0 Å². The van der Waals surface area contributed by atoms with Gasteiger partial charge in [-0.2, -0.15) is 0 Å². The third kappa shape index (κ3) is 2.40. The van der Waals surface area contributed by atoms with Crippen molar-refractivity contribution in [3.05, 3.63) is 23.3 Å². The molecule has 1 aliphatic rings. The van der Waals surface area contributed by atoms with Crippen molar-refractivity contribution < 1.29 is 0 Å². The molecule has 2 N–H and O–H groups in total. The van der Waals surface area contributed by atoms with Crippen LogP contribution in [0.3, 0.4) is 0 Å². The van der Waals surface area contributed by atoms with Gasteiger partial charge in [-0.15, -0.1) is 10.2 Å². The number of nitrogens with two attached hydrogens (primary N) is 1. The average molecular weight is 262 g/mol. The van der Waals surface area contributed by atoms with Crippen molar-refractivity contribution in [3.8, 4) is 0 Å². The van der Waals surface area contributed by atoms with E-state index in [-0.39, 0.29) is 5.41 Å². The topological polar surface area (TPSA) is 56.7 Å². The number of nitrogens with zero attached hydrogens (tertiary/aromatic N) is 3. The third-order valence-electron chi connectivity index (χ3n) is 4.69. The number of hydrogen-bond acceptors (Lipinski definition) is 3. The van der Waals surface area contributed by atoms with E-state index in [4.69, 9.17) is 5.84 Å². The van der Waals surface area contributed by atoms with Gasteiger partial charge in [0.2, 0.25) is 0 Å². The third-order valence-corrected chi connectivity index (χ3v) is 4.69. The molecule has 1 aliphatic carbocycles. The van der Waals surface area contributed by atoms with E-state index in [0.717, 1.165) is 37.3 Å². The van der Waals surface area contributed by atoms with Crippen LogP contribution in [-0.4, -0.2) is 14.9 Å². The van der Waals surface area contributed by atoms with Gasteiger partial charge in [-0.3, -0.25) is 0 Å². The van der Waals surface area contributed by atoms with Crippen LogP contribution in [0.5, 0.6) is 0 Å². The van der Waals surface area contributed by atoms with Crippen molar-refractivity contribution in [3.63, 3.8) is 0 Å². The first kappa shape index (κ1) is 14.1. The highest BCUT2D eigenvalue weighted by molar-refractivity contribution is 5.23. The van der Waals surface area contributed by atoms with E-state index < -0.39 is 0 Å². The standard InChI is InChI=1S/C15H26N4/c1-5-12-8-13(6-2)10-15(7-3,9-12)14-18-17-11(4)19(14)16/h8,12H,5-7,9-10,16H2,1-4H3. The maximum absolute atomic E-state index is 6.14. The number of rotatable bonds is 4. The number of allylic oxidation sites excluding steroid dienone is 2. The molecule has 106 valence electrons. The molecule has 1 aromatic heterocycles. The van der Waals surface area contributed by atoms with Crippen molar-refractivity contribution >= 4 is 0 Å².